The molecule has 1 aromatic carbocycles. The second-order valence-corrected chi connectivity index (χ2v) is 6.05. The van der Waals surface area contributed by atoms with Gasteiger partial charge in [0.25, 0.3) is 0 Å². The largest absolute Gasteiger partial charge is 0.459 e. The third-order valence-corrected chi connectivity index (χ3v) is 4.26. The average molecular weight is 326 g/mol. The van der Waals surface area contributed by atoms with Gasteiger partial charge in [0.2, 0.25) is 5.28 Å². The number of furan rings is 1. The molecule has 4 nitrogen and oxygen atoms in total. The molecule has 0 N–H and O–H groups in total. The Morgan fingerprint density at radius 2 is 2.04 bits per heavy atom. The first-order chi connectivity index (χ1) is 11.3. The van der Waals surface area contributed by atoms with E-state index < -0.39 is 0 Å². The molecule has 0 unspecified atom stereocenters. The van der Waals surface area contributed by atoms with Crippen LogP contribution in [0.4, 0.5) is 0 Å². The highest BCUT2D eigenvalue weighted by Crippen LogP contribution is 2.29. The Balaban J connectivity index is 1.54. The lowest BCUT2D eigenvalue weighted by atomic mass is 10.1. The van der Waals surface area contributed by atoms with Crippen LogP contribution in [0.15, 0.2) is 53.1 Å². The minimum absolute atomic E-state index is 0.238. The molecule has 0 saturated carbocycles. The van der Waals surface area contributed by atoms with E-state index in [-0.39, 0.29) is 5.28 Å². The molecular weight excluding hydrogens is 310 g/mol. The van der Waals surface area contributed by atoms with Crippen LogP contribution in [-0.2, 0) is 19.5 Å². The van der Waals surface area contributed by atoms with Gasteiger partial charge in [0.1, 0.15) is 11.5 Å². The SMILES string of the molecule is Clc1nccc(-c2cc3c(o2)CCN(Cc2ccccc2)C3)n1. The van der Waals surface area contributed by atoms with Gasteiger partial charge in [0, 0.05) is 37.8 Å². The summed E-state index contributed by atoms with van der Waals surface area (Å²) in [6, 6.07) is 14.4. The molecule has 1 aliphatic rings. The molecular formula is C18H16ClN3O. The third-order valence-electron chi connectivity index (χ3n) is 4.07. The highest BCUT2D eigenvalue weighted by Gasteiger charge is 2.21. The molecule has 3 aromatic rings. The van der Waals surface area contributed by atoms with Crippen molar-refractivity contribution in [3.63, 3.8) is 0 Å². The van der Waals surface area contributed by atoms with Crippen molar-refractivity contribution >= 4 is 11.6 Å². The zero-order chi connectivity index (χ0) is 15.6. The summed E-state index contributed by atoms with van der Waals surface area (Å²) in [6.07, 6.45) is 2.56. The number of hydrogen-bond donors (Lipinski definition) is 0. The molecule has 0 atom stereocenters. The molecule has 0 bridgehead atoms. The van der Waals surface area contributed by atoms with Crippen molar-refractivity contribution < 1.29 is 4.42 Å². The Kier molecular flexibility index (Phi) is 3.85. The number of aromatic nitrogens is 2. The molecule has 0 spiro atoms. The van der Waals surface area contributed by atoms with Crippen molar-refractivity contribution in [2.45, 2.75) is 19.5 Å². The van der Waals surface area contributed by atoms with Gasteiger partial charge in [-0.15, -0.1) is 0 Å². The zero-order valence-corrected chi connectivity index (χ0v) is 13.3. The molecule has 4 rings (SSSR count). The van der Waals surface area contributed by atoms with Gasteiger partial charge in [-0.3, -0.25) is 4.90 Å². The molecule has 0 amide bonds. The van der Waals surface area contributed by atoms with Crippen molar-refractivity contribution in [2.75, 3.05) is 6.54 Å². The van der Waals surface area contributed by atoms with Gasteiger partial charge in [-0.1, -0.05) is 30.3 Å². The zero-order valence-electron chi connectivity index (χ0n) is 12.6. The molecule has 0 fully saturated rings. The maximum Gasteiger partial charge on any atom is 0.222 e. The van der Waals surface area contributed by atoms with E-state index >= 15 is 0 Å². The second kappa shape index (κ2) is 6.14. The fraction of sp³-hybridized carbons (Fsp3) is 0.222. The summed E-state index contributed by atoms with van der Waals surface area (Å²) in [5, 5.41) is 0.238. The normalized spacial score (nSPS) is 14.7. The van der Waals surface area contributed by atoms with Gasteiger partial charge in [-0.05, 0) is 29.3 Å². The molecule has 1 aliphatic heterocycles. The van der Waals surface area contributed by atoms with E-state index in [1.807, 2.05) is 12.1 Å². The van der Waals surface area contributed by atoms with E-state index in [2.05, 4.69) is 45.2 Å². The molecule has 116 valence electrons. The van der Waals surface area contributed by atoms with Crippen molar-refractivity contribution in [1.29, 1.82) is 0 Å². The predicted molar refractivity (Wildman–Crippen MR) is 89.0 cm³/mol. The monoisotopic (exact) mass is 325 g/mol. The van der Waals surface area contributed by atoms with Gasteiger partial charge in [0.15, 0.2) is 5.76 Å². The van der Waals surface area contributed by atoms with E-state index in [1.54, 1.807) is 6.20 Å². The molecule has 23 heavy (non-hydrogen) atoms. The molecule has 2 aromatic heterocycles. The number of rotatable bonds is 3. The first-order valence-corrected chi connectivity index (χ1v) is 8.02. The lowest BCUT2D eigenvalue weighted by Gasteiger charge is -2.25. The van der Waals surface area contributed by atoms with Crippen LogP contribution in [0.5, 0.6) is 0 Å². The number of nitrogens with zero attached hydrogens (tertiary/aromatic N) is 3. The fourth-order valence-corrected chi connectivity index (χ4v) is 3.11. The van der Waals surface area contributed by atoms with Crippen LogP contribution in [0.25, 0.3) is 11.5 Å². The number of halogens is 1. The van der Waals surface area contributed by atoms with Crippen LogP contribution in [0.3, 0.4) is 0 Å². The topological polar surface area (TPSA) is 42.2 Å². The van der Waals surface area contributed by atoms with Crippen molar-refractivity contribution in [2.24, 2.45) is 0 Å². The van der Waals surface area contributed by atoms with Gasteiger partial charge in [-0.25, -0.2) is 9.97 Å². The maximum atomic E-state index is 5.97. The van der Waals surface area contributed by atoms with E-state index in [0.717, 1.165) is 43.3 Å². The van der Waals surface area contributed by atoms with E-state index in [9.17, 15) is 0 Å². The van der Waals surface area contributed by atoms with Gasteiger partial charge in [-0.2, -0.15) is 0 Å². The summed E-state index contributed by atoms with van der Waals surface area (Å²) in [7, 11) is 0. The van der Waals surface area contributed by atoms with Crippen LogP contribution in [0.2, 0.25) is 5.28 Å². The first-order valence-electron chi connectivity index (χ1n) is 7.65. The molecule has 0 aliphatic carbocycles. The van der Waals surface area contributed by atoms with Crippen LogP contribution in [0, 0.1) is 0 Å². The summed E-state index contributed by atoms with van der Waals surface area (Å²) in [5.74, 6) is 1.82. The van der Waals surface area contributed by atoms with Crippen LogP contribution >= 0.6 is 11.6 Å². The Bertz CT molecular complexity index is 816. The van der Waals surface area contributed by atoms with Crippen LogP contribution < -0.4 is 0 Å². The Hall–Kier alpha value is -2.17. The predicted octanol–water partition coefficient (Wildman–Crippen LogP) is 3.95. The Labute approximate surface area is 139 Å². The quantitative estimate of drug-likeness (QED) is 0.684. The summed E-state index contributed by atoms with van der Waals surface area (Å²) < 4.78 is 5.97. The third kappa shape index (κ3) is 3.14. The van der Waals surface area contributed by atoms with Crippen LogP contribution in [-0.4, -0.2) is 21.4 Å². The van der Waals surface area contributed by atoms with Gasteiger partial charge >= 0.3 is 0 Å². The summed E-state index contributed by atoms with van der Waals surface area (Å²) in [6.45, 7) is 2.85. The number of benzene rings is 1. The maximum absolute atomic E-state index is 5.97. The highest BCUT2D eigenvalue weighted by molar-refractivity contribution is 6.28. The molecule has 5 heteroatoms. The first kappa shape index (κ1) is 14.4. The van der Waals surface area contributed by atoms with Crippen molar-refractivity contribution in [3.05, 3.63) is 70.8 Å². The minimum atomic E-state index is 0.238. The smallest absolute Gasteiger partial charge is 0.222 e. The van der Waals surface area contributed by atoms with E-state index in [0.29, 0.717) is 0 Å². The summed E-state index contributed by atoms with van der Waals surface area (Å²) >= 11 is 5.86. The van der Waals surface area contributed by atoms with Crippen LogP contribution in [0.1, 0.15) is 16.9 Å². The van der Waals surface area contributed by atoms with Gasteiger partial charge < -0.3 is 4.42 Å². The second-order valence-electron chi connectivity index (χ2n) is 5.72. The lowest BCUT2D eigenvalue weighted by molar-refractivity contribution is 0.234. The summed E-state index contributed by atoms with van der Waals surface area (Å²) in [5.41, 5.74) is 3.30. The average Bonchev–Trinajstić information content (AvgIpc) is 2.99. The lowest BCUT2D eigenvalue weighted by Crippen LogP contribution is -2.29. The Morgan fingerprint density at radius 3 is 2.87 bits per heavy atom. The number of hydrogen-bond acceptors (Lipinski definition) is 4. The summed E-state index contributed by atoms with van der Waals surface area (Å²) in [4.78, 5) is 10.6. The molecule has 3 heterocycles. The fourth-order valence-electron chi connectivity index (χ4n) is 2.97. The highest BCUT2D eigenvalue weighted by atomic mass is 35.5. The number of fused-ring (bicyclic) bond motifs is 1. The molecule has 0 radical (unpaired) electrons. The Morgan fingerprint density at radius 1 is 1.17 bits per heavy atom. The van der Waals surface area contributed by atoms with E-state index in [1.165, 1.54) is 11.1 Å². The van der Waals surface area contributed by atoms with Crippen molar-refractivity contribution in [3.8, 4) is 11.5 Å². The minimum Gasteiger partial charge on any atom is -0.459 e. The van der Waals surface area contributed by atoms with Gasteiger partial charge in [0.05, 0.1) is 0 Å². The van der Waals surface area contributed by atoms with E-state index in [4.69, 9.17) is 16.0 Å². The standard InChI is InChI=1S/C18H16ClN3O/c19-18-20-8-6-15(21-18)17-10-14-12-22(9-7-16(14)23-17)11-13-4-2-1-3-5-13/h1-6,8,10H,7,9,11-12H2. The van der Waals surface area contributed by atoms with Crippen molar-refractivity contribution in [1.82, 2.24) is 14.9 Å². The molecule has 0 saturated heterocycles.